The molecule has 2 unspecified atom stereocenters. The van der Waals surface area contributed by atoms with Crippen LogP contribution >= 0.6 is 0 Å². The molecule has 0 rings (SSSR count). The van der Waals surface area contributed by atoms with E-state index in [1.807, 2.05) is 13.8 Å². The number of amides is 1. The van der Waals surface area contributed by atoms with E-state index in [0.717, 1.165) is 0 Å². The highest BCUT2D eigenvalue weighted by Gasteiger charge is 2.24. The van der Waals surface area contributed by atoms with Crippen molar-refractivity contribution in [2.24, 2.45) is 11.8 Å². The van der Waals surface area contributed by atoms with Crippen LogP contribution in [0.4, 0.5) is 0 Å². The van der Waals surface area contributed by atoms with Crippen molar-refractivity contribution in [3.05, 3.63) is 0 Å². The number of carbonyl (C=O) groups is 2. The molecule has 0 spiro atoms. The van der Waals surface area contributed by atoms with Gasteiger partial charge in [0.1, 0.15) is 5.75 Å². The lowest BCUT2D eigenvalue weighted by Crippen LogP contribution is -2.40. The highest BCUT2D eigenvalue weighted by Crippen LogP contribution is 2.04. The zero-order chi connectivity index (χ0) is 14.5. The maximum atomic E-state index is 11.6. The maximum Gasteiger partial charge on any atom is 0.307 e. The molecule has 1 amide bonds. The minimum Gasteiger partial charge on any atom is -0.481 e. The molecular weight excluding hydrogens is 258 g/mol. The predicted molar refractivity (Wildman–Crippen MR) is 67.9 cm³/mol. The first kappa shape index (κ1) is 16.9. The van der Waals surface area contributed by atoms with E-state index in [-0.39, 0.29) is 12.0 Å². The van der Waals surface area contributed by atoms with Gasteiger partial charge in [-0.2, -0.15) is 0 Å². The third-order valence-electron chi connectivity index (χ3n) is 2.67. The molecule has 2 N–H and O–H groups in total. The second-order valence-electron chi connectivity index (χ2n) is 4.89. The molecule has 0 aromatic rings. The Morgan fingerprint density at radius 2 is 1.67 bits per heavy atom. The first-order valence-corrected chi connectivity index (χ1v) is 7.60. The Kier molecular flexibility index (Phi) is 6.31. The number of hydrogen-bond acceptors (Lipinski definition) is 4. The Morgan fingerprint density at radius 1 is 1.17 bits per heavy atom. The molecule has 18 heavy (non-hydrogen) atoms. The van der Waals surface area contributed by atoms with E-state index >= 15 is 0 Å². The van der Waals surface area contributed by atoms with Crippen LogP contribution in [0.15, 0.2) is 0 Å². The molecular formula is C11H21NO5S. The molecule has 2 atom stereocenters. The van der Waals surface area contributed by atoms with Gasteiger partial charge in [-0.1, -0.05) is 20.8 Å². The molecule has 0 aliphatic heterocycles. The number of rotatable bonds is 7. The van der Waals surface area contributed by atoms with Gasteiger partial charge in [0.15, 0.2) is 9.84 Å². The van der Waals surface area contributed by atoms with Crippen LogP contribution in [0.3, 0.4) is 0 Å². The summed E-state index contributed by atoms with van der Waals surface area (Å²) in [4.78, 5) is 22.1. The van der Waals surface area contributed by atoms with Gasteiger partial charge in [0.05, 0.1) is 11.7 Å². The summed E-state index contributed by atoms with van der Waals surface area (Å²) in [7, 11) is -3.69. The van der Waals surface area contributed by atoms with Crippen LogP contribution in [0.2, 0.25) is 0 Å². The zero-order valence-electron chi connectivity index (χ0n) is 11.1. The summed E-state index contributed by atoms with van der Waals surface area (Å²) >= 11 is 0. The number of carboxylic acids is 1. The minimum atomic E-state index is -3.69. The second-order valence-corrected chi connectivity index (χ2v) is 7.00. The van der Waals surface area contributed by atoms with E-state index in [4.69, 9.17) is 5.11 Å². The third kappa shape index (κ3) is 6.58. The molecule has 0 aliphatic carbocycles. The topological polar surface area (TPSA) is 101 Å². The fourth-order valence-electron chi connectivity index (χ4n) is 1.17. The number of nitrogens with one attached hydrogen (secondary N) is 1. The zero-order valence-corrected chi connectivity index (χ0v) is 12.0. The highest BCUT2D eigenvalue weighted by molar-refractivity contribution is 7.92. The van der Waals surface area contributed by atoms with Gasteiger partial charge in [-0.3, -0.25) is 9.59 Å². The SMILES string of the molecule is CC(CS(=O)(=O)CC(=O)NC(C)C(C)C)C(=O)O. The van der Waals surface area contributed by atoms with Crippen molar-refractivity contribution in [1.29, 1.82) is 0 Å². The Hall–Kier alpha value is -1.11. The molecule has 0 aliphatic rings. The monoisotopic (exact) mass is 279 g/mol. The lowest BCUT2D eigenvalue weighted by atomic mass is 10.1. The molecule has 6 nitrogen and oxygen atoms in total. The van der Waals surface area contributed by atoms with Crippen molar-refractivity contribution >= 4 is 21.7 Å². The number of hydrogen-bond donors (Lipinski definition) is 2. The normalized spacial score (nSPS) is 15.2. The van der Waals surface area contributed by atoms with E-state index in [0.29, 0.717) is 0 Å². The van der Waals surface area contributed by atoms with E-state index in [9.17, 15) is 18.0 Å². The minimum absolute atomic E-state index is 0.121. The largest absolute Gasteiger partial charge is 0.481 e. The van der Waals surface area contributed by atoms with Crippen LogP contribution in [0.5, 0.6) is 0 Å². The van der Waals surface area contributed by atoms with Crippen LogP contribution in [-0.2, 0) is 19.4 Å². The molecule has 7 heteroatoms. The summed E-state index contributed by atoms with van der Waals surface area (Å²) in [5.41, 5.74) is 0. The number of carboxylic acid groups (broad SMARTS) is 1. The van der Waals surface area contributed by atoms with E-state index in [1.54, 1.807) is 6.92 Å². The molecule has 0 saturated carbocycles. The van der Waals surface area contributed by atoms with Crippen molar-refractivity contribution in [3.8, 4) is 0 Å². The predicted octanol–water partition coefficient (Wildman–Crippen LogP) is 0.283. The fourth-order valence-corrected chi connectivity index (χ4v) is 2.68. The van der Waals surface area contributed by atoms with Gasteiger partial charge < -0.3 is 10.4 Å². The first-order valence-electron chi connectivity index (χ1n) is 5.77. The maximum absolute atomic E-state index is 11.6. The van der Waals surface area contributed by atoms with Gasteiger partial charge in [0.2, 0.25) is 5.91 Å². The van der Waals surface area contributed by atoms with Crippen molar-refractivity contribution in [1.82, 2.24) is 5.32 Å². The van der Waals surface area contributed by atoms with Crippen molar-refractivity contribution in [3.63, 3.8) is 0 Å². The lowest BCUT2D eigenvalue weighted by molar-refractivity contribution is -0.140. The van der Waals surface area contributed by atoms with Crippen LogP contribution < -0.4 is 5.32 Å². The van der Waals surface area contributed by atoms with Crippen molar-refractivity contribution in [2.75, 3.05) is 11.5 Å². The number of carbonyl (C=O) groups excluding carboxylic acids is 1. The summed E-state index contributed by atoms with van der Waals surface area (Å²) in [6, 6.07) is -0.121. The summed E-state index contributed by atoms with van der Waals surface area (Å²) in [6.45, 7) is 6.90. The van der Waals surface area contributed by atoms with Crippen LogP contribution in [0.25, 0.3) is 0 Å². The smallest absolute Gasteiger partial charge is 0.307 e. The molecule has 0 aromatic carbocycles. The molecule has 0 fully saturated rings. The molecule has 0 bridgehead atoms. The molecule has 0 aromatic heterocycles. The van der Waals surface area contributed by atoms with Crippen LogP contribution in [0, 0.1) is 11.8 Å². The Labute approximate surface area is 108 Å². The molecule has 0 saturated heterocycles. The van der Waals surface area contributed by atoms with Crippen molar-refractivity contribution < 1.29 is 23.1 Å². The van der Waals surface area contributed by atoms with E-state index < -0.39 is 39.1 Å². The Balaban J connectivity index is 4.42. The quantitative estimate of drug-likeness (QED) is 0.697. The van der Waals surface area contributed by atoms with Gasteiger partial charge >= 0.3 is 5.97 Å². The standard InChI is InChI=1S/C11H21NO5S/c1-7(2)9(4)12-10(13)6-18(16,17)5-8(3)11(14)15/h7-9H,5-6H2,1-4H3,(H,12,13)(H,14,15). The average molecular weight is 279 g/mol. The third-order valence-corrected chi connectivity index (χ3v) is 4.38. The lowest BCUT2D eigenvalue weighted by Gasteiger charge is -2.17. The molecule has 0 radical (unpaired) electrons. The fraction of sp³-hybridized carbons (Fsp3) is 0.818. The van der Waals surface area contributed by atoms with E-state index in [1.165, 1.54) is 6.92 Å². The van der Waals surface area contributed by atoms with Gasteiger partial charge in [-0.25, -0.2) is 8.42 Å². The number of aliphatic carboxylic acids is 1. The van der Waals surface area contributed by atoms with Gasteiger partial charge in [0, 0.05) is 6.04 Å². The second kappa shape index (κ2) is 6.72. The summed E-state index contributed by atoms with van der Waals surface area (Å²) < 4.78 is 23.2. The first-order chi connectivity index (χ1) is 8.05. The Bertz CT molecular complexity index is 402. The van der Waals surface area contributed by atoms with Gasteiger partial charge in [-0.05, 0) is 12.8 Å². The summed E-state index contributed by atoms with van der Waals surface area (Å²) in [5, 5.41) is 11.2. The highest BCUT2D eigenvalue weighted by atomic mass is 32.2. The number of sulfone groups is 1. The Morgan fingerprint density at radius 3 is 2.06 bits per heavy atom. The van der Waals surface area contributed by atoms with E-state index in [2.05, 4.69) is 5.32 Å². The average Bonchev–Trinajstić information content (AvgIpc) is 2.14. The van der Waals surface area contributed by atoms with Crippen molar-refractivity contribution in [2.45, 2.75) is 33.7 Å². The summed E-state index contributed by atoms with van der Waals surface area (Å²) in [6.07, 6.45) is 0. The van der Waals surface area contributed by atoms with Gasteiger partial charge in [0.25, 0.3) is 0 Å². The molecule has 106 valence electrons. The van der Waals surface area contributed by atoms with Crippen LogP contribution in [-0.4, -0.2) is 42.9 Å². The molecule has 0 heterocycles. The van der Waals surface area contributed by atoms with Crippen LogP contribution in [0.1, 0.15) is 27.7 Å². The summed E-state index contributed by atoms with van der Waals surface area (Å²) in [5.74, 6) is -3.77. The van der Waals surface area contributed by atoms with Gasteiger partial charge in [-0.15, -0.1) is 0 Å².